The molecule has 0 aliphatic rings. The van der Waals surface area contributed by atoms with E-state index in [4.69, 9.17) is 16.8 Å². The SMILES string of the molecule is CC(CCCC(O)c1ccc(-c2ccc(Cl)cc2)cc1)C(=O)NO. The Morgan fingerprint density at radius 1 is 1.04 bits per heavy atom. The normalized spacial score (nSPS) is 13.3. The van der Waals surface area contributed by atoms with Crippen LogP contribution >= 0.6 is 11.6 Å². The molecule has 3 N–H and O–H groups in total. The average Bonchev–Trinajstić information content (AvgIpc) is 2.61. The second-order valence-corrected chi connectivity index (χ2v) is 6.39. The fourth-order valence-corrected chi connectivity index (χ4v) is 2.69. The molecular formula is C19H22ClNO3. The van der Waals surface area contributed by atoms with Gasteiger partial charge < -0.3 is 5.11 Å². The van der Waals surface area contributed by atoms with Gasteiger partial charge in [-0.1, -0.05) is 54.9 Å². The third kappa shape index (κ3) is 5.06. The fourth-order valence-electron chi connectivity index (χ4n) is 2.57. The number of hydrogen-bond acceptors (Lipinski definition) is 3. The van der Waals surface area contributed by atoms with Crippen LogP contribution < -0.4 is 5.48 Å². The average molecular weight is 348 g/mol. The lowest BCUT2D eigenvalue weighted by atomic mass is 9.97. The molecule has 128 valence electrons. The maximum Gasteiger partial charge on any atom is 0.246 e. The van der Waals surface area contributed by atoms with Crippen molar-refractivity contribution in [2.45, 2.75) is 32.3 Å². The summed E-state index contributed by atoms with van der Waals surface area (Å²) in [6.07, 6.45) is 1.33. The first-order valence-electron chi connectivity index (χ1n) is 7.99. The van der Waals surface area contributed by atoms with E-state index in [9.17, 15) is 9.90 Å². The van der Waals surface area contributed by atoms with E-state index in [-0.39, 0.29) is 5.92 Å². The Morgan fingerprint density at radius 3 is 2.12 bits per heavy atom. The van der Waals surface area contributed by atoms with E-state index in [1.807, 2.05) is 48.5 Å². The largest absolute Gasteiger partial charge is 0.388 e. The third-order valence-electron chi connectivity index (χ3n) is 4.15. The summed E-state index contributed by atoms with van der Waals surface area (Å²) in [4.78, 5) is 11.2. The molecule has 2 aromatic rings. The van der Waals surface area contributed by atoms with Crippen LogP contribution in [0.15, 0.2) is 48.5 Å². The van der Waals surface area contributed by atoms with Crippen molar-refractivity contribution in [2.24, 2.45) is 5.92 Å². The minimum Gasteiger partial charge on any atom is -0.388 e. The number of nitrogens with one attached hydrogen (secondary N) is 1. The van der Waals surface area contributed by atoms with Gasteiger partial charge in [-0.2, -0.15) is 0 Å². The highest BCUT2D eigenvalue weighted by molar-refractivity contribution is 6.30. The summed E-state index contributed by atoms with van der Waals surface area (Å²) in [6, 6.07) is 15.4. The van der Waals surface area contributed by atoms with Crippen molar-refractivity contribution in [2.75, 3.05) is 0 Å². The second kappa shape index (κ2) is 8.83. The standard InChI is InChI=1S/C19H22ClNO3/c1-13(19(23)21-24)3-2-4-18(22)16-7-5-14(6-8-16)15-9-11-17(20)12-10-15/h5-13,18,22,24H,2-4H2,1H3,(H,21,23). The van der Waals surface area contributed by atoms with Gasteiger partial charge in [0.2, 0.25) is 5.91 Å². The molecule has 0 spiro atoms. The van der Waals surface area contributed by atoms with E-state index in [1.165, 1.54) is 0 Å². The molecule has 2 aromatic carbocycles. The summed E-state index contributed by atoms with van der Waals surface area (Å²) in [6.45, 7) is 1.75. The molecule has 2 atom stereocenters. The molecule has 0 bridgehead atoms. The number of carbonyl (C=O) groups is 1. The second-order valence-electron chi connectivity index (χ2n) is 5.95. The smallest absolute Gasteiger partial charge is 0.246 e. The Labute approximate surface area is 147 Å². The zero-order valence-electron chi connectivity index (χ0n) is 13.6. The van der Waals surface area contributed by atoms with Gasteiger partial charge in [-0.3, -0.25) is 10.0 Å². The van der Waals surface area contributed by atoms with E-state index in [0.717, 1.165) is 16.7 Å². The summed E-state index contributed by atoms with van der Waals surface area (Å²) in [5.74, 6) is -0.661. The monoisotopic (exact) mass is 347 g/mol. The van der Waals surface area contributed by atoms with Crippen molar-refractivity contribution < 1.29 is 15.1 Å². The van der Waals surface area contributed by atoms with Crippen LogP contribution in [-0.2, 0) is 4.79 Å². The number of benzene rings is 2. The Kier molecular flexibility index (Phi) is 6.79. The molecule has 1 amide bonds. The van der Waals surface area contributed by atoms with Crippen molar-refractivity contribution in [3.8, 4) is 11.1 Å². The summed E-state index contributed by atoms with van der Waals surface area (Å²) < 4.78 is 0. The van der Waals surface area contributed by atoms with Gasteiger partial charge in [-0.15, -0.1) is 0 Å². The summed E-state index contributed by atoms with van der Waals surface area (Å²) in [5.41, 5.74) is 4.64. The molecule has 0 aliphatic heterocycles. The number of halogens is 1. The molecule has 0 aromatic heterocycles. The number of amides is 1. The summed E-state index contributed by atoms with van der Waals surface area (Å²) >= 11 is 5.89. The van der Waals surface area contributed by atoms with Crippen molar-refractivity contribution in [1.82, 2.24) is 5.48 Å². The molecule has 0 saturated heterocycles. The minimum absolute atomic E-state index is 0.269. The molecule has 4 nitrogen and oxygen atoms in total. The molecule has 24 heavy (non-hydrogen) atoms. The van der Waals surface area contributed by atoms with Crippen LogP contribution in [0.5, 0.6) is 0 Å². The van der Waals surface area contributed by atoms with Crippen LogP contribution in [0.3, 0.4) is 0 Å². The predicted octanol–water partition coefficient (Wildman–Crippen LogP) is 4.35. The van der Waals surface area contributed by atoms with E-state index >= 15 is 0 Å². The Hall–Kier alpha value is -1.88. The highest BCUT2D eigenvalue weighted by Gasteiger charge is 2.13. The lowest BCUT2D eigenvalue weighted by molar-refractivity contribution is -0.133. The Balaban J connectivity index is 1.90. The van der Waals surface area contributed by atoms with Gasteiger partial charge in [0.25, 0.3) is 0 Å². The van der Waals surface area contributed by atoms with Crippen molar-refractivity contribution in [3.63, 3.8) is 0 Å². The van der Waals surface area contributed by atoms with Crippen molar-refractivity contribution in [3.05, 3.63) is 59.1 Å². The van der Waals surface area contributed by atoms with Gasteiger partial charge in [0.15, 0.2) is 0 Å². The minimum atomic E-state index is -0.561. The molecule has 0 heterocycles. The first kappa shape index (κ1) is 18.5. The van der Waals surface area contributed by atoms with E-state index < -0.39 is 12.0 Å². The molecule has 0 radical (unpaired) electrons. The van der Waals surface area contributed by atoms with E-state index in [0.29, 0.717) is 24.3 Å². The molecule has 2 rings (SSSR count). The van der Waals surface area contributed by atoms with E-state index in [2.05, 4.69) is 0 Å². The van der Waals surface area contributed by atoms with E-state index in [1.54, 1.807) is 12.4 Å². The molecule has 0 fully saturated rings. The molecule has 5 heteroatoms. The van der Waals surface area contributed by atoms with Crippen LogP contribution in [0.25, 0.3) is 11.1 Å². The highest BCUT2D eigenvalue weighted by atomic mass is 35.5. The molecule has 0 saturated carbocycles. The van der Waals surface area contributed by atoms with Crippen LogP contribution in [0.4, 0.5) is 0 Å². The van der Waals surface area contributed by atoms with Gasteiger partial charge in [-0.25, -0.2) is 5.48 Å². The lowest BCUT2D eigenvalue weighted by Crippen LogP contribution is -2.25. The Bertz CT molecular complexity index is 655. The quantitative estimate of drug-likeness (QED) is 0.515. The van der Waals surface area contributed by atoms with Crippen LogP contribution in [-0.4, -0.2) is 16.2 Å². The van der Waals surface area contributed by atoms with Gasteiger partial charge in [0.1, 0.15) is 0 Å². The van der Waals surface area contributed by atoms with Gasteiger partial charge in [-0.05, 0) is 48.1 Å². The summed E-state index contributed by atoms with van der Waals surface area (Å²) in [7, 11) is 0. The number of carbonyl (C=O) groups excluding carboxylic acids is 1. The molecular weight excluding hydrogens is 326 g/mol. The highest BCUT2D eigenvalue weighted by Crippen LogP contribution is 2.25. The number of hydroxylamine groups is 1. The third-order valence-corrected chi connectivity index (χ3v) is 4.40. The first-order valence-corrected chi connectivity index (χ1v) is 8.37. The maximum atomic E-state index is 11.2. The fraction of sp³-hybridized carbons (Fsp3) is 0.316. The van der Waals surface area contributed by atoms with Gasteiger partial charge >= 0.3 is 0 Å². The number of hydrogen-bond donors (Lipinski definition) is 3. The Morgan fingerprint density at radius 2 is 1.58 bits per heavy atom. The van der Waals surface area contributed by atoms with Gasteiger partial charge in [0.05, 0.1) is 6.10 Å². The number of aliphatic hydroxyl groups excluding tert-OH is 1. The number of aliphatic hydroxyl groups is 1. The maximum absolute atomic E-state index is 11.2. The molecule has 2 unspecified atom stereocenters. The summed E-state index contributed by atoms with van der Waals surface area (Å²) in [5, 5.41) is 19.5. The van der Waals surface area contributed by atoms with Crippen molar-refractivity contribution >= 4 is 17.5 Å². The predicted molar refractivity (Wildman–Crippen MR) is 94.8 cm³/mol. The van der Waals surface area contributed by atoms with Crippen LogP contribution in [0.1, 0.15) is 37.9 Å². The zero-order valence-corrected chi connectivity index (χ0v) is 14.3. The van der Waals surface area contributed by atoms with Crippen LogP contribution in [0, 0.1) is 5.92 Å². The topological polar surface area (TPSA) is 69.6 Å². The van der Waals surface area contributed by atoms with Crippen LogP contribution in [0.2, 0.25) is 5.02 Å². The van der Waals surface area contributed by atoms with Gasteiger partial charge in [0, 0.05) is 10.9 Å². The molecule has 0 aliphatic carbocycles. The number of rotatable bonds is 7. The lowest BCUT2D eigenvalue weighted by Gasteiger charge is -2.13. The van der Waals surface area contributed by atoms with Crippen molar-refractivity contribution in [1.29, 1.82) is 0 Å². The first-order chi connectivity index (χ1) is 11.5. The zero-order chi connectivity index (χ0) is 17.5.